The zero-order valence-corrected chi connectivity index (χ0v) is 7.57. The lowest BCUT2D eigenvalue weighted by Crippen LogP contribution is -1.94. The van der Waals surface area contributed by atoms with Gasteiger partial charge in [-0.2, -0.15) is 5.26 Å². The fourth-order valence-electron chi connectivity index (χ4n) is 0.939. The quantitative estimate of drug-likeness (QED) is 0.640. The van der Waals surface area contributed by atoms with Crippen LogP contribution in [0.1, 0.15) is 18.4 Å². The highest BCUT2D eigenvalue weighted by molar-refractivity contribution is 6.31. The standard InChI is InChI=1S/C9H6ClF2N/c1-5(4-13)6-2-8(11)9(12)3-7(6)10/h2-3,5H,1H3. The minimum absolute atomic E-state index is 0.0768. The second kappa shape index (κ2) is 3.71. The molecule has 68 valence electrons. The molecule has 0 N–H and O–H groups in total. The summed E-state index contributed by atoms with van der Waals surface area (Å²) in [6.07, 6.45) is 0. The van der Waals surface area contributed by atoms with Crippen LogP contribution in [-0.4, -0.2) is 0 Å². The molecule has 0 aliphatic carbocycles. The molecule has 0 saturated carbocycles. The summed E-state index contributed by atoms with van der Waals surface area (Å²) in [4.78, 5) is 0. The normalized spacial score (nSPS) is 12.2. The first-order valence-corrected chi connectivity index (χ1v) is 3.98. The van der Waals surface area contributed by atoms with Crippen LogP contribution in [0.3, 0.4) is 0 Å². The molecule has 0 heterocycles. The third-order valence-electron chi connectivity index (χ3n) is 1.70. The number of nitrogens with zero attached hydrogens (tertiary/aromatic N) is 1. The molecule has 13 heavy (non-hydrogen) atoms. The first-order chi connectivity index (χ1) is 6.06. The van der Waals surface area contributed by atoms with E-state index in [2.05, 4.69) is 0 Å². The van der Waals surface area contributed by atoms with Gasteiger partial charge in [0.25, 0.3) is 0 Å². The summed E-state index contributed by atoms with van der Waals surface area (Å²) in [5, 5.41) is 8.62. The van der Waals surface area contributed by atoms with E-state index in [0.29, 0.717) is 5.56 Å². The lowest BCUT2D eigenvalue weighted by Gasteiger charge is -2.05. The number of nitriles is 1. The van der Waals surface area contributed by atoms with Crippen LogP contribution in [0.2, 0.25) is 5.02 Å². The Labute approximate surface area is 79.6 Å². The maximum atomic E-state index is 12.7. The third-order valence-corrected chi connectivity index (χ3v) is 2.03. The second-order valence-corrected chi connectivity index (χ2v) is 3.05. The minimum atomic E-state index is -1.00. The average molecular weight is 202 g/mol. The van der Waals surface area contributed by atoms with Gasteiger partial charge in [-0.25, -0.2) is 8.78 Å². The van der Waals surface area contributed by atoms with Gasteiger partial charge in [-0.1, -0.05) is 11.6 Å². The van der Waals surface area contributed by atoms with Crippen molar-refractivity contribution in [2.45, 2.75) is 12.8 Å². The Hall–Kier alpha value is -1.14. The first kappa shape index (κ1) is 9.94. The van der Waals surface area contributed by atoms with Gasteiger partial charge < -0.3 is 0 Å². The van der Waals surface area contributed by atoms with Crippen molar-refractivity contribution in [3.63, 3.8) is 0 Å². The maximum Gasteiger partial charge on any atom is 0.160 e. The van der Waals surface area contributed by atoms with E-state index in [1.165, 1.54) is 0 Å². The molecular formula is C9H6ClF2N. The van der Waals surface area contributed by atoms with Gasteiger partial charge in [0.05, 0.1) is 12.0 Å². The average Bonchev–Trinajstić information content (AvgIpc) is 2.10. The second-order valence-electron chi connectivity index (χ2n) is 2.64. The van der Waals surface area contributed by atoms with Crippen LogP contribution >= 0.6 is 11.6 Å². The Morgan fingerprint density at radius 2 is 1.92 bits per heavy atom. The number of benzene rings is 1. The summed E-state index contributed by atoms with van der Waals surface area (Å²) in [6, 6.07) is 3.72. The molecule has 0 amide bonds. The highest BCUT2D eigenvalue weighted by Crippen LogP contribution is 2.26. The molecule has 1 rings (SSSR count). The maximum absolute atomic E-state index is 12.7. The molecule has 0 fully saturated rings. The van der Waals surface area contributed by atoms with Crippen LogP contribution in [0.15, 0.2) is 12.1 Å². The Bertz CT molecular complexity index is 371. The molecule has 0 saturated heterocycles. The van der Waals surface area contributed by atoms with Gasteiger partial charge in [-0.3, -0.25) is 0 Å². The molecule has 4 heteroatoms. The zero-order chi connectivity index (χ0) is 10.0. The number of rotatable bonds is 1. The lowest BCUT2D eigenvalue weighted by atomic mass is 10.0. The molecule has 1 aromatic carbocycles. The Kier molecular flexibility index (Phi) is 2.84. The van der Waals surface area contributed by atoms with Crippen LogP contribution in [0, 0.1) is 23.0 Å². The van der Waals surface area contributed by atoms with E-state index in [4.69, 9.17) is 16.9 Å². The van der Waals surface area contributed by atoms with Gasteiger partial charge in [-0.15, -0.1) is 0 Å². The summed E-state index contributed by atoms with van der Waals surface area (Å²) in [6.45, 7) is 1.57. The van der Waals surface area contributed by atoms with Gasteiger partial charge >= 0.3 is 0 Å². The predicted molar refractivity (Wildman–Crippen MR) is 45.4 cm³/mol. The van der Waals surface area contributed by atoms with Crippen molar-refractivity contribution in [1.82, 2.24) is 0 Å². The lowest BCUT2D eigenvalue weighted by molar-refractivity contribution is 0.507. The van der Waals surface area contributed by atoms with Crippen LogP contribution in [0.25, 0.3) is 0 Å². The van der Waals surface area contributed by atoms with E-state index < -0.39 is 17.6 Å². The van der Waals surface area contributed by atoms with Gasteiger partial charge in [0.15, 0.2) is 11.6 Å². The van der Waals surface area contributed by atoms with E-state index in [-0.39, 0.29) is 5.02 Å². The van der Waals surface area contributed by atoms with Crippen molar-refractivity contribution in [1.29, 1.82) is 5.26 Å². The SMILES string of the molecule is CC(C#N)c1cc(F)c(F)cc1Cl. The zero-order valence-electron chi connectivity index (χ0n) is 6.81. The van der Waals surface area contributed by atoms with E-state index >= 15 is 0 Å². The molecule has 0 aromatic heterocycles. The number of halogens is 3. The van der Waals surface area contributed by atoms with Gasteiger partial charge in [0, 0.05) is 5.02 Å². The van der Waals surface area contributed by atoms with Crippen molar-refractivity contribution in [3.05, 3.63) is 34.4 Å². The molecular weight excluding hydrogens is 196 g/mol. The minimum Gasteiger partial charge on any atom is -0.204 e. The predicted octanol–water partition coefficient (Wildman–Crippen LogP) is 3.25. The van der Waals surface area contributed by atoms with E-state index in [0.717, 1.165) is 12.1 Å². The molecule has 1 aromatic rings. The van der Waals surface area contributed by atoms with Crippen LogP contribution in [0.4, 0.5) is 8.78 Å². The van der Waals surface area contributed by atoms with Crippen LogP contribution < -0.4 is 0 Å². The summed E-state index contributed by atoms with van der Waals surface area (Å²) in [5.41, 5.74) is 0.308. The monoisotopic (exact) mass is 201 g/mol. The van der Waals surface area contributed by atoms with Crippen LogP contribution in [-0.2, 0) is 0 Å². The van der Waals surface area contributed by atoms with Crippen molar-refractivity contribution in [3.8, 4) is 6.07 Å². The van der Waals surface area contributed by atoms with Crippen molar-refractivity contribution in [2.75, 3.05) is 0 Å². The topological polar surface area (TPSA) is 23.8 Å². The molecule has 0 aliphatic rings. The van der Waals surface area contributed by atoms with Crippen LogP contribution in [0.5, 0.6) is 0 Å². The molecule has 0 aliphatic heterocycles. The Balaban J connectivity index is 3.25. The van der Waals surface area contributed by atoms with E-state index in [9.17, 15) is 8.78 Å². The van der Waals surface area contributed by atoms with Crippen molar-refractivity contribution >= 4 is 11.6 Å². The summed E-state index contributed by atoms with van der Waals surface area (Å²) >= 11 is 5.62. The number of hydrogen-bond acceptors (Lipinski definition) is 1. The summed E-state index contributed by atoms with van der Waals surface area (Å²) in [5.74, 6) is -2.53. The highest BCUT2D eigenvalue weighted by atomic mass is 35.5. The summed E-state index contributed by atoms with van der Waals surface area (Å²) in [7, 11) is 0. The summed E-state index contributed by atoms with van der Waals surface area (Å²) < 4.78 is 25.3. The molecule has 1 unspecified atom stereocenters. The van der Waals surface area contributed by atoms with Gasteiger partial charge in [-0.05, 0) is 24.6 Å². The Morgan fingerprint density at radius 3 is 2.46 bits per heavy atom. The van der Waals surface area contributed by atoms with E-state index in [1.807, 2.05) is 6.07 Å². The third kappa shape index (κ3) is 1.96. The molecule has 1 nitrogen and oxygen atoms in total. The smallest absolute Gasteiger partial charge is 0.160 e. The van der Waals surface area contributed by atoms with Crippen molar-refractivity contribution in [2.24, 2.45) is 0 Å². The fourth-order valence-corrected chi connectivity index (χ4v) is 1.25. The highest BCUT2D eigenvalue weighted by Gasteiger charge is 2.13. The molecule has 0 bridgehead atoms. The fraction of sp³-hybridized carbons (Fsp3) is 0.222. The molecule has 0 radical (unpaired) electrons. The van der Waals surface area contributed by atoms with E-state index in [1.54, 1.807) is 6.92 Å². The Morgan fingerprint density at radius 1 is 1.38 bits per heavy atom. The van der Waals surface area contributed by atoms with Crippen molar-refractivity contribution < 1.29 is 8.78 Å². The number of hydrogen-bond donors (Lipinski definition) is 0. The molecule has 1 atom stereocenters. The van der Waals surface area contributed by atoms with Gasteiger partial charge in [0.1, 0.15) is 0 Å². The first-order valence-electron chi connectivity index (χ1n) is 3.60. The largest absolute Gasteiger partial charge is 0.204 e. The molecule has 0 spiro atoms. The van der Waals surface area contributed by atoms with Gasteiger partial charge in [0.2, 0.25) is 0 Å².